The van der Waals surface area contributed by atoms with E-state index in [-0.39, 0.29) is 0 Å². The summed E-state index contributed by atoms with van der Waals surface area (Å²) in [4.78, 5) is 0. The van der Waals surface area contributed by atoms with Gasteiger partial charge in [0, 0.05) is 18.4 Å². The van der Waals surface area contributed by atoms with Gasteiger partial charge in [0.15, 0.2) is 0 Å². The molecule has 2 rings (SSSR count). The van der Waals surface area contributed by atoms with Crippen LogP contribution in [0, 0.1) is 11.8 Å². The lowest BCUT2D eigenvalue weighted by Crippen LogP contribution is -2.13. The van der Waals surface area contributed by atoms with Gasteiger partial charge in [0.1, 0.15) is 13.2 Å². The molecule has 0 aromatic rings. The largest absolute Gasteiger partial charge is 0.464 e. The Morgan fingerprint density at radius 3 is 3.06 bits per heavy atom. The number of rotatable bonds is 3. The normalized spacial score (nSPS) is 18.5. The van der Waals surface area contributed by atoms with E-state index in [0.29, 0.717) is 13.2 Å². The summed E-state index contributed by atoms with van der Waals surface area (Å²) in [6.07, 6.45) is 8.72. The van der Waals surface area contributed by atoms with Crippen molar-refractivity contribution in [1.82, 2.24) is 0 Å². The van der Waals surface area contributed by atoms with Gasteiger partial charge in [-0.25, -0.2) is 0 Å². The first-order valence-electron chi connectivity index (χ1n) is 6.55. The molecule has 1 saturated carbocycles. The summed E-state index contributed by atoms with van der Waals surface area (Å²) in [5, 5.41) is 0. The van der Waals surface area contributed by atoms with Crippen molar-refractivity contribution in [1.29, 1.82) is 0 Å². The molecule has 0 radical (unpaired) electrons. The average molecular weight is 232 g/mol. The Balaban J connectivity index is 1.90. The van der Waals surface area contributed by atoms with E-state index >= 15 is 0 Å². The molecule has 17 heavy (non-hydrogen) atoms. The maximum Gasteiger partial charge on any atom is 0.283 e. The highest BCUT2D eigenvalue weighted by Crippen LogP contribution is 2.34. The summed E-state index contributed by atoms with van der Waals surface area (Å²) in [7, 11) is 0. The van der Waals surface area contributed by atoms with Gasteiger partial charge in [0.25, 0.3) is 5.95 Å². The van der Waals surface area contributed by atoms with Crippen molar-refractivity contribution in [3.8, 4) is 11.8 Å². The molecule has 92 valence electrons. The summed E-state index contributed by atoms with van der Waals surface area (Å²) in [6.45, 7) is 3.36. The highest BCUT2D eigenvalue weighted by atomic mass is 16.7. The van der Waals surface area contributed by atoms with Gasteiger partial charge in [-0.2, -0.15) is 0 Å². The second-order valence-electron chi connectivity index (χ2n) is 4.32. The van der Waals surface area contributed by atoms with Crippen LogP contribution in [-0.2, 0) is 9.47 Å². The molecule has 0 amide bonds. The number of hydrogen-bond donors (Lipinski definition) is 0. The monoisotopic (exact) mass is 232 g/mol. The molecular weight excluding hydrogens is 212 g/mol. The molecule has 2 heteroatoms. The molecule has 0 bridgehead atoms. The van der Waals surface area contributed by atoms with Crippen molar-refractivity contribution in [3.05, 3.63) is 23.2 Å². The first-order valence-corrected chi connectivity index (χ1v) is 6.55. The van der Waals surface area contributed by atoms with Crippen LogP contribution in [0.1, 0.15) is 45.4 Å². The molecule has 0 unspecified atom stereocenters. The molecule has 0 atom stereocenters. The molecule has 1 aliphatic heterocycles. The third kappa shape index (κ3) is 3.30. The fraction of sp³-hybridized carbons (Fsp3) is 0.600. The standard InChI is InChI=1S/C15H20O2/c1-2-3-4-7-11-16-15-14-9-6-5-8-13(14)10-12-17-15/h10H,2,5-9,11-12H2,1H3. The smallest absolute Gasteiger partial charge is 0.283 e. The summed E-state index contributed by atoms with van der Waals surface area (Å²) in [6, 6.07) is 0. The third-order valence-corrected chi connectivity index (χ3v) is 3.06. The van der Waals surface area contributed by atoms with Crippen LogP contribution >= 0.6 is 0 Å². The Hall–Kier alpha value is -1.36. The van der Waals surface area contributed by atoms with Crippen molar-refractivity contribution in [2.45, 2.75) is 45.4 Å². The molecule has 0 saturated heterocycles. The fourth-order valence-corrected chi connectivity index (χ4v) is 2.23. The number of allylic oxidation sites excluding steroid dienone is 2. The van der Waals surface area contributed by atoms with Crippen molar-refractivity contribution < 1.29 is 9.47 Å². The zero-order chi connectivity index (χ0) is 11.9. The van der Waals surface area contributed by atoms with Crippen LogP contribution in [0.25, 0.3) is 0 Å². The van der Waals surface area contributed by atoms with Crippen LogP contribution in [0.15, 0.2) is 23.2 Å². The molecule has 2 nitrogen and oxygen atoms in total. The maximum atomic E-state index is 5.71. The van der Waals surface area contributed by atoms with Gasteiger partial charge in [-0.1, -0.05) is 12.8 Å². The van der Waals surface area contributed by atoms with E-state index < -0.39 is 0 Å². The molecule has 2 aliphatic rings. The lowest BCUT2D eigenvalue weighted by molar-refractivity contribution is 0.0412. The summed E-state index contributed by atoms with van der Waals surface area (Å²) < 4.78 is 11.3. The van der Waals surface area contributed by atoms with Gasteiger partial charge >= 0.3 is 0 Å². The Kier molecular flexibility index (Phi) is 4.55. The Morgan fingerprint density at radius 1 is 1.29 bits per heavy atom. The van der Waals surface area contributed by atoms with Gasteiger partial charge in [-0.15, -0.1) is 5.92 Å². The van der Waals surface area contributed by atoms with Gasteiger partial charge in [-0.05, 0) is 37.3 Å². The zero-order valence-corrected chi connectivity index (χ0v) is 10.6. The molecule has 1 fully saturated rings. The summed E-state index contributed by atoms with van der Waals surface area (Å²) in [5.41, 5.74) is 2.74. The molecule has 1 heterocycles. The SMILES string of the molecule is CCC#CCCOC1=C2CCCCC2=CCO1. The minimum Gasteiger partial charge on any atom is -0.464 e. The lowest BCUT2D eigenvalue weighted by Gasteiger charge is -2.25. The van der Waals surface area contributed by atoms with Gasteiger partial charge in [0.2, 0.25) is 0 Å². The highest BCUT2D eigenvalue weighted by molar-refractivity contribution is 5.35. The predicted molar refractivity (Wildman–Crippen MR) is 68.2 cm³/mol. The molecule has 1 aliphatic carbocycles. The Labute approximate surface area is 104 Å². The first kappa shape index (κ1) is 12.1. The number of ether oxygens (including phenoxy) is 2. The third-order valence-electron chi connectivity index (χ3n) is 3.06. The average Bonchev–Trinajstić information content (AvgIpc) is 2.39. The second-order valence-corrected chi connectivity index (χ2v) is 4.32. The maximum absolute atomic E-state index is 5.71. The minimum absolute atomic E-state index is 0.638. The molecule has 0 spiro atoms. The Morgan fingerprint density at radius 2 is 2.18 bits per heavy atom. The lowest BCUT2D eigenvalue weighted by atomic mass is 9.89. The van der Waals surface area contributed by atoms with E-state index in [1.54, 1.807) is 0 Å². The van der Waals surface area contributed by atoms with Gasteiger partial charge in [-0.3, -0.25) is 0 Å². The number of fused-ring (bicyclic) bond motifs is 1. The first-order chi connectivity index (χ1) is 8.42. The van der Waals surface area contributed by atoms with Crippen LogP contribution in [-0.4, -0.2) is 13.2 Å². The van der Waals surface area contributed by atoms with E-state index in [4.69, 9.17) is 9.47 Å². The van der Waals surface area contributed by atoms with Crippen molar-refractivity contribution >= 4 is 0 Å². The van der Waals surface area contributed by atoms with Crippen LogP contribution < -0.4 is 0 Å². The van der Waals surface area contributed by atoms with Crippen molar-refractivity contribution in [2.75, 3.05) is 13.2 Å². The van der Waals surface area contributed by atoms with E-state index in [9.17, 15) is 0 Å². The van der Waals surface area contributed by atoms with Gasteiger partial charge in [0.05, 0.1) is 0 Å². The van der Waals surface area contributed by atoms with Crippen LogP contribution in [0.2, 0.25) is 0 Å². The van der Waals surface area contributed by atoms with E-state index in [1.165, 1.54) is 30.4 Å². The van der Waals surface area contributed by atoms with E-state index in [2.05, 4.69) is 24.8 Å². The molecule has 0 aromatic heterocycles. The molecule has 0 aromatic carbocycles. The quantitative estimate of drug-likeness (QED) is 0.547. The number of hydrogen-bond acceptors (Lipinski definition) is 2. The van der Waals surface area contributed by atoms with E-state index in [0.717, 1.165) is 25.2 Å². The summed E-state index contributed by atoms with van der Waals surface area (Å²) >= 11 is 0. The predicted octanol–water partition coefficient (Wildman–Crippen LogP) is 3.55. The summed E-state index contributed by atoms with van der Waals surface area (Å²) in [5.74, 6) is 6.89. The molecular formula is C15H20O2. The van der Waals surface area contributed by atoms with E-state index in [1.807, 2.05) is 0 Å². The Bertz CT molecular complexity index is 379. The molecule has 0 N–H and O–H groups in total. The van der Waals surface area contributed by atoms with Crippen LogP contribution in [0.4, 0.5) is 0 Å². The fourth-order valence-electron chi connectivity index (χ4n) is 2.23. The van der Waals surface area contributed by atoms with Gasteiger partial charge < -0.3 is 9.47 Å². The zero-order valence-electron chi connectivity index (χ0n) is 10.6. The minimum atomic E-state index is 0.638. The topological polar surface area (TPSA) is 18.5 Å². The van der Waals surface area contributed by atoms with Crippen LogP contribution in [0.5, 0.6) is 0 Å². The van der Waals surface area contributed by atoms with Crippen molar-refractivity contribution in [2.24, 2.45) is 0 Å². The highest BCUT2D eigenvalue weighted by Gasteiger charge is 2.21. The second kappa shape index (κ2) is 6.39. The van der Waals surface area contributed by atoms with Crippen molar-refractivity contribution in [3.63, 3.8) is 0 Å². The van der Waals surface area contributed by atoms with Crippen LogP contribution in [0.3, 0.4) is 0 Å².